The summed E-state index contributed by atoms with van der Waals surface area (Å²) in [5, 5.41) is 0. The zero-order chi connectivity index (χ0) is 19.7. The topological polar surface area (TPSA) is 119 Å². The molecular weight excluding hydrogens is 396 g/mol. The highest BCUT2D eigenvalue weighted by molar-refractivity contribution is 7.94. The van der Waals surface area contributed by atoms with Crippen LogP contribution in [0.2, 0.25) is 0 Å². The Morgan fingerprint density at radius 1 is 1.37 bits per heavy atom. The Kier molecular flexibility index (Phi) is 5.75. The lowest BCUT2D eigenvalue weighted by molar-refractivity contribution is -0.116. The summed E-state index contributed by atoms with van der Waals surface area (Å²) in [4.78, 5) is 11.8. The first-order valence-electron chi connectivity index (χ1n) is 8.68. The summed E-state index contributed by atoms with van der Waals surface area (Å²) < 4.78 is 63.8. The molecule has 0 radical (unpaired) electrons. The number of rotatable bonds is 7. The number of benzene rings is 1. The zero-order valence-corrected chi connectivity index (χ0v) is 16.5. The number of nitrogens with one attached hydrogen (secondary N) is 1. The number of hydrogen-bond acceptors (Lipinski definition) is 7. The molecule has 2 heterocycles. The van der Waals surface area contributed by atoms with Gasteiger partial charge >= 0.3 is 0 Å². The van der Waals surface area contributed by atoms with E-state index in [9.17, 15) is 21.6 Å². The van der Waals surface area contributed by atoms with E-state index in [1.807, 2.05) is 0 Å². The van der Waals surface area contributed by atoms with Crippen molar-refractivity contribution in [3.05, 3.63) is 18.2 Å². The molecule has 0 aliphatic carbocycles. The Hall–Kier alpha value is -1.69. The van der Waals surface area contributed by atoms with Gasteiger partial charge in [-0.3, -0.25) is 4.79 Å². The molecule has 1 aromatic carbocycles. The van der Waals surface area contributed by atoms with Crippen LogP contribution < -0.4 is 13.8 Å². The van der Waals surface area contributed by atoms with Gasteiger partial charge in [0, 0.05) is 19.6 Å². The van der Waals surface area contributed by atoms with Crippen LogP contribution >= 0.6 is 0 Å². The summed E-state index contributed by atoms with van der Waals surface area (Å²) >= 11 is 0. The second kappa shape index (κ2) is 7.74. The largest absolute Gasteiger partial charge is 0.492 e. The van der Waals surface area contributed by atoms with Gasteiger partial charge in [-0.2, -0.15) is 0 Å². The van der Waals surface area contributed by atoms with Crippen LogP contribution in [-0.2, 0) is 29.6 Å². The van der Waals surface area contributed by atoms with Crippen LogP contribution in [0.3, 0.4) is 0 Å². The van der Waals surface area contributed by atoms with E-state index in [0.29, 0.717) is 10.9 Å². The molecule has 2 fully saturated rings. The van der Waals surface area contributed by atoms with Crippen LogP contribution in [0.15, 0.2) is 23.1 Å². The van der Waals surface area contributed by atoms with Crippen LogP contribution in [0.5, 0.6) is 5.75 Å². The first-order chi connectivity index (χ1) is 12.7. The maximum Gasteiger partial charge on any atom is 0.244 e. The van der Waals surface area contributed by atoms with E-state index in [1.165, 1.54) is 12.1 Å². The van der Waals surface area contributed by atoms with Crippen molar-refractivity contribution in [1.29, 1.82) is 0 Å². The van der Waals surface area contributed by atoms with Crippen molar-refractivity contribution in [2.45, 2.75) is 37.2 Å². The first kappa shape index (κ1) is 20.1. The minimum Gasteiger partial charge on any atom is -0.492 e. The molecule has 9 nitrogen and oxygen atoms in total. The molecule has 2 aliphatic rings. The van der Waals surface area contributed by atoms with Gasteiger partial charge in [0.15, 0.2) is 0 Å². The van der Waals surface area contributed by atoms with Crippen molar-refractivity contribution in [3.63, 3.8) is 0 Å². The van der Waals surface area contributed by atoms with Gasteiger partial charge in [-0.05, 0) is 38.0 Å². The highest BCUT2D eigenvalue weighted by Gasteiger charge is 2.37. The average molecular weight is 418 g/mol. The van der Waals surface area contributed by atoms with Gasteiger partial charge in [-0.25, -0.2) is 25.9 Å². The molecule has 0 saturated carbocycles. The first-order valence-corrected chi connectivity index (χ1v) is 11.8. The van der Waals surface area contributed by atoms with Gasteiger partial charge < -0.3 is 9.47 Å². The van der Waals surface area contributed by atoms with E-state index in [-0.39, 0.29) is 47.8 Å². The molecule has 0 unspecified atom stereocenters. The van der Waals surface area contributed by atoms with E-state index >= 15 is 0 Å². The monoisotopic (exact) mass is 418 g/mol. The second-order valence-electron chi connectivity index (χ2n) is 6.28. The van der Waals surface area contributed by atoms with Crippen LogP contribution in [0.1, 0.15) is 26.2 Å². The molecule has 2 saturated heterocycles. The third kappa shape index (κ3) is 4.26. The van der Waals surface area contributed by atoms with E-state index < -0.39 is 26.0 Å². The molecule has 2 aliphatic heterocycles. The number of carbonyl (C=O) groups excluding carboxylic acids is 1. The molecule has 11 heteroatoms. The Bertz CT molecular complexity index is 922. The fourth-order valence-electron chi connectivity index (χ4n) is 3.06. The van der Waals surface area contributed by atoms with Gasteiger partial charge in [0.05, 0.1) is 24.2 Å². The van der Waals surface area contributed by atoms with Gasteiger partial charge in [0.25, 0.3) is 0 Å². The molecular formula is C16H22N2O7S2. The highest BCUT2D eigenvalue weighted by Crippen LogP contribution is 2.32. The minimum atomic E-state index is -4.00. The third-order valence-corrected chi connectivity index (χ3v) is 7.49. The molecule has 1 atom stereocenters. The van der Waals surface area contributed by atoms with E-state index in [1.54, 1.807) is 6.92 Å². The molecule has 0 bridgehead atoms. The van der Waals surface area contributed by atoms with Crippen LogP contribution in [-0.4, -0.2) is 54.4 Å². The Labute approximate surface area is 158 Å². The van der Waals surface area contributed by atoms with Crippen molar-refractivity contribution < 1.29 is 31.1 Å². The smallest absolute Gasteiger partial charge is 0.244 e. The average Bonchev–Trinajstić information content (AvgIpc) is 3.22. The number of carbonyl (C=O) groups is 1. The summed E-state index contributed by atoms with van der Waals surface area (Å²) in [5.41, 5.74) is -0.0153. The van der Waals surface area contributed by atoms with Crippen molar-refractivity contribution in [2.24, 2.45) is 0 Å². The van der Waals surface area contributed by atoms with E-state index in [0.717, 1.165) is 18.9 Å². The fraction of sp³-hybridized carbons (Fsp3) is 0.562. The second-order valence-corrected chi connectivity index (χ2v) is 9.95. The summed E-state index contributed by atoms with van der Waals surface area (Å²) in [6.07, 6.45) is 1.32. The molecule has 1 amide bonds. The Morgan fingerprint density at radius 2 is 2.15 bits per heavy atom. The molecule has 3 rings (SSSR count). The number of amides is 1. The number of ether oxygens (including phenoxy) is 2. The lowest BCUT2D eigenvalue weighted by atomic mass is 10.2. The third-order valence-electron chi connectivity index (χ3n) is 4.35. The SMILES string of the molecule is CCOc1ccc(N2C(=O)CCS2(=O)=O)cc1S(=O)(=O)NC[C@@H]1CCCO1. The maximum absolute atomic E-state index is 12.8. The standard InChI is InChI=1S/C16H22N2O7S2/c1-2-24-14-6-5-12(18-16(19)7-9-26(18,20)21)10-15(14)27(22,23)17-11-13-4-3-8-25-13/h5-6,10,13,17H,2-4,7-9,11H2,1H3/t13-/m0/s1. The number of hydrogen-bond donors (Lipinski definition) is 1. The van der Waals surface area contributed by atoms with Crippen molar-refractivity contribution in [3.8, 4) is 5.75 Å². The quantitative estimate of drug-likeness (QED) is 0.689. The van der Waals surface area contributed by atoms with Gasteiger partial charge in [-0.15, -0.1) is 0 Å². The predicted molar refractivity (Wildman–Crippen MR) is 97.7 cm³/mol. The minimum absolute atomic E-state index is 0.0153. The lowest BCUT2D eigenvalue weighted by Crippen LogP contribution is -2.33. The van der Waals surface area contributed by atoms with Crippen LogP contribution in [0.4, 0.5) is 5.69 Å². The lowest BCUT2D eigenvalue weighted by Gasteiger charge is -2.19. The molecule has 150 valence electrons. The van der Waals surface area contributed by atoms with Gasteiger partial charge in [0.1, 0.15) is 10.6 Å². The zero-order valence-electron chi connectivity index (χ0n) is 14.9. The van der Waals surface area contributed by atoms with Crippen LogP contribution in [0.25, 0.3) is 0 Å². The summed E-state index contributed by atoms with van der Waals surface area (Å²) in [5.74, 6) is -0.793. The van der Waals surface area contributed by atoms with Crippen molar-refractivity contribution >= 4 is 31.6 Å². The number of sulfonamides is 2. The van der Waals surface area contributed by atoms with E-state index in [4.69, 9.17) is 9.47 Å². The molecule has 1 N–H and O–H groups in total. The maximum atomic E-state index is 12.8. The molecule has 0 spiro atoms. The predicted octanol–water partition coefficient (Wildman–Crippen LogP) is 0.609. The summed E-state index contributed by atoms with van der Waals surface area (Å²) in [6, 6.07) is 3.88. The van der Waals surface area contributed by atoms with Crippen molar-refractivity contribution in [2.75, 3.05) is 29.8 Å². The Morgan fingerprint density at radius 3 is 2.74 bits per heavy atom. The Balaban J connectivity index is 1.95. The highest BCUT2D eigenvalue weighted by atomic mass is 32.2. The van der Waals surface area contributed by atoms with E-state index in [2.05, 4.69) is 4.72 Å². The van der Waals surface area contributed by atoms with Gasteiger partial charge in [-0.1, -0.05) is 0 Å². The van der Waals surface area contributed by atoms with Gasteiger partial charge in [0.2, 0.25) is 26.0 Å². The molecule has 27 heavy (non-hydrogen) atoms. The summed E-state index contributed by atoms with van der Waals surface area (Å²) in [7, 11) is -7.79. The summed E-state index contributed by atoms with van der Waals surface area (Å²) in [6.45, 7) is 2.65. The number of nitrogens with zero attached hydrogens (tertiary/aromatic N) is 1. The number of anilines is 1. The molecule has 1 aromatic rings. The molecule has 0 aromatic heterocycles. The normalized spacial score (nSPS) is 22.3. The fourth-order valence-corrected chi connectivity index (χ4v) is 5.74. The van der Waals surface area contributed by atoms with Crippen LogP contribution in [0, 0.1) is 0 Å². The van der Waals surface area contributed by atoms with Crippen molar-refractivity contribution in [1.82, 2.24) is 4.72 Å².